The molecule has 3 heterocycles. The van der Waals surface area contributed by atoms with Gasteiger partial charge in [0.05, 0.1) is 16.9 Å². The molecule has 11 heteroatoms. The molecule has 10 nitrogen and oxygen atoms in total. The molecule has 1 N–H and O–H groups in total. The fourth-order valence-corrected chi connectivity index (χ4v) is 5.13. The fourth-order valence-electron chi connectivity index (χ4n) is 3.83. The van der Waals surface area contributed by atoms with Gasteiger partial charge in [0.2, 0.25) is 5.91 Å². The minimum atomic E-state index is -0.475. The predicted octanol–water partition coefficient (Wildman–Crippen LogP) is 2.14. The predicted molar refractivity (Wildman–Crippen MR) is 108 cm³/mol. The highest BCUT2D eigenvalue weighted by molar-refractivity contribution is 7.18. The molecule has 1 amide bonds. The van der Waals surface area contributed by atoms with Gasteiger partial charge in [0.15, 0.2) is 0 Å². The van der Waals surface area contributed by atoms with Crippen molar-refractivity contribution in [3.63, 3.8) is 0 Å². The number of fused-ring (bicyclic) bond motifs is 3. The maximum absolute atomic E-state index is 13.0. The smallest absolute Gasteiger partial charge is 0.273 e. The lowest BCUT2D eigenvalue weighted by atomic mass is 10.2. The van der Waals surface area contributed by atoms with Gasteiger partial charge in [-0.15, -0.1) is 11.3 Å². The Labute approximate surface area is 169 Å². The Kier molecular flexibility index (Phi) is 4.69. The molecule has 0 aliphatic heterocycles. The molecule has 0 radical (unpaired) electrons. The Bertz CT molecular complexity index is 1220. The minimum Gasteiger partial charge on any atom is -0.273 e. The highest BCUT2D eigenvalue weighted by atomic mass is 32.1. The van der Waals surface area contributed by atoms with E-state index in [1.165, 1.54) is 14.2 Å². The molecule has 1 aliphatic rings. The molecule has 0 spiro atoms. The van der Waals surface area contributed by atoms with Gasteiger partial charge in [-0.2, -0.15) is 5.10 Å². The van der Waals surface area contributed by atoms with Crippen LogP contribution in [0.15, 0.2) is 4.79 Å². The van der Waals surface area contributed by atoms with Crippen LogP contribution in [0.3, 0.4) is 0 Å². The molecular formula is C18H20N6O4S. The van der Waals surface area contributed by atoms with Gasteiger partial charge >= 0.3 is 5.69 Å². The molecule has 0 fully saturated rings. The highest BCUT2D eigenvalue weighted by Crippen LogP contribution is 2.34. The second-order valence-electron chi connectivity index (χ2n) is 7.12. The lowest BCUT2D eigenvalue weighted by molar-refractivity contribution is -0.386. The molecule has 3 aromatic rings. The van der Waals surface area contributed by atoms with Crippen molar-refractivity contribution in [1.82, 2.24) is 19.4 Å². The fraction of sp³-hybridized carbons (Fsp3) is 0.444. The van der Waals surface area contributed by atoms with Gasteiger partial charge in [0, 0.05) is 11.3 Å². The summed E-state index contributed by atoms with van der Waals surface area (Å²) in [6.07, 6.45) is 2.88. The zero-order chi connectivity index (χ0) is 20.9. The number of aromatic nitrogens is 4. The van der Waals surface area contributed by atoms with E-state index in [1.807, 2.05) is 0 Å². The van der Waals surface area contributed by atoms with Crippen molar-refractivity contribution in [1.29, 1.82) is 0 Å². The Morgan fingerprint density at radius 1 is 1.31 bits per heavy atom. The van der Waals surface area contributed by atoms with E-state index in [-0.39, 0.29) is 24.2 Å². The third-order valence-corrected chi connectivity index (χ3v) is 6.41. The van der Waals surface area contributed by atoms with Crippen LogP contribution in [0.5, 0.6) is 0 Å². The van der Waals surface area contributed by atoms with Crippen molar-refractivity contribution in [3.05, 3.63) is 48.1 Å². The molecule has 1 aliphatic carbocycles. The lowest BCUT2D eigenvalue weighted by Crippen LogP contribution is -2.35. The van der Waals surface area contributed by atoms with Gasteiger partial charge in [-0.05, 0) is 45.6 Å². The number of thiophene rings is 1. The number of nitro groups is 1. The highest BCUT2D eigenvalue weighted by Gasteiger charge is 2.24. The van der Waals surface area contributed by atoms with Crippen LogP contribution in [0.1, 0.15) is 40.5 Å². The van der Waals surface area contributed by atoms with Crippen molar-refractivity contribution >= 4 is 33.1 Å². The first-order valence-corrected chi connectivity index (χ1v) is 10.1. The molecule has 0 aromatic carbocycles. The summed E-state index contributed by atoms with van der Waals surface area (Å²) in [5, 5.41) is 15.8. The van der Waals surface area contributed by atoms with E-state index in [0.29, 0.717) is 22.6 Å². The number of carbonyl (C=O) groups is 1. The molecule has 3 aromatic heterocycles. The Morgan fingerprint density at radius 2 is 2.07 bits per heavy atom. The van der Waals surface area contributed by atoms with Gasteiger partial charge in [-0.3, -0.25) is 29.8 Å². The molecule has 0 saturated heterocycles. The summed E-state index contributed by atoms with van der Waals surface area (Å²) in [5.41, 5.74) is 4.07. The van der Waals surface area contributed by atoms with Crippen molar-refractivity contribution in [2.45, 2.75) is 53.0 Å². The normalized spacial score (nSPS) is 13.1. The number of aryl methyl sites for hydroxylation is 5. The first kappa shape index (κ1) is 19.2. The van der Waals surface area contributed by atoms with Gasteiger partial charge in [-0.25, -0.2) is 9.66 Å². The Balaban J connectivity index is 1.55. The number of nitrogens with one attached hydrogen (secondary N) is 1. The maximum Gasteiger partial charge on any atom is 0.312 e. The Morgan fingerprint density at radius 3 is 2.76 bits per heavy atom. The van der Waals surface area contributed by atoms with E-state index in [4.69, 9.17) is 0 Å². The summed E-state index contributed by atoms with van der Waals surface area (Å²) in [5.74, 6) is 0.0240. The van der Waals surface area contributed by atoms with Crippen molar-refractivity contribution in [2.75, 3.05) is 5.43 Å². The Hall–Kier alpha value is -3.08. The van der Waals surface area contributed by atoms with E-state index in [2.05, 4.69) is 15.5 Å². The van der Waals surface area contributed by atoms with E-state index in [9.17, 15) is 19.7 Å². The van der Waals surface area contributed by atoms with Gasteiger partial charge in [-0.1, -0.05) is 0 Å². The summed E-state index contributed by atoms with van der Waals surface area (Å²) in [7, 11) is 0. The van der Waals surface area contributed by atoms with E-state index in [0.717, 1.165) is 29.7 Å². The van der Waals surface area contributed by atoms with Crippen molar-refractivity contribution in [2.24, 2.45) is 0 Å². The molecule has 0 unspecified atom stereocenters. The summed E-state index contributed by atoms with van der Waals surface area (Å²) < 4.78 is 2.63. The van der Waals surface area contributed by atoms with Gasteiger partial charge in [0.25, 0.3) is 5.56 Å². The first-order valence-electron chi connectivity index (χ1n) is 9.30. The monoisotopic (exact) mass is 416 g/mol. The SMILES string of the molecule is Cc1nn(CCC(=O)Nn2c(C)nc3sc4c(c3c2=O)CCC4)c(C)c1[N+](=O)[O-]. The van der Waals surface area contributed by atoms with Crippen LogP contribution >= 0.6 is 11.3 Å². The van der Waals surface area contributed by atoms with Crippen molar-refractivity contribution in [3.8, 4) is 0 Å². The molecule has 29 heavy (non-hydrogen) atoms. The zero-order valence-corrected chi connectivity index (χ0v) is 17.1. The molecule has 152 valence electrons. The molecule has 0 bridgehead atoms. The van der Waals surface area contributed by atoms with Crippen LogP contribution < -0.4 is 11.0 Å². The number of hydrogen-bond donors (Lipinski definition) is 1. The average molecular weight is 416 g/mol. The summed E-state index contributed by atoms with van der Waals surface area (Å²) >= 11 is 1.55. The topological polar surface area (TPSA) is 125 Å². The first-order chi connectivity index (χ1) is 13.8. The van der Waals surface area contributed by atoms with Crippen molar-refractivity contribution < 1.29 is 9.72 Å². The van der Waals surface area contributed by atoms with Crippen LogP contribution in [0.4, 0.5) is 5.69 Å². The van der Waals surface area contributed by atoms with Gasteiger partial charge < -0.3 is 0 Å². The number of amides is 1. The van der Waals surface area contributed by atoms with E-state index in [1.54, 1.807) is 32.1 Å². The van der Waals surface area contributed by atoms with Gasteiger partial charge in [0.1, 0.15) is 22.0 Å². The van der Waals surface area contributed by atoms with Crippen LogP contribution in [-0.2, 0) is 24.2 Å². The quantitative estimate of drug-likeness (QED) is 0.502. The summed E-state index contributed by atoms with van der Waals surface area (Å²) in [6, 6.07) is 0. The lowest BCUT2D eigenvalue weighted by Gasteiger charge is -2.11. The number of carbonyl (C=O) groups excluding carboxylic acids is 1. The summed E-state index contributed by atoms with van der Waals surface area (Å²) in [4.78, 5) is 42.5. The van der Waals surface area contributed by atoms with Crippen LogP contribution in [0, 0.1) is 30.9 Å². The van der Waals surface area contributed by atoms with E-state index >= 15 is 0 Å². The molecular weight excluding hydrogens is 396 g/mol. The zero-order valence-electron chi connectivity index (χ0n) is 16.3. The number of nitrogens with zero attached hydrogens (tertiary/aromatic N) is 5. The summed E-state index contributed by atoms with van der Waals surface area (Å²) in [6.45, 7) is 5.00. The van der Waals surface area contributed by atoms with Crippen LogP contribution in [0.25, 0.3) is 10.2 Å². The van der Waals surface area contributed by atoms with Crippen LogP contribution in [-0.4, -0.2) is 30.3 Å². The molecule has 0 atom stereocenters. The molecule has 0 saturated carbocycles. The number of hydrogen-bond acceptors (Lipinski definition) is 7. The standard InChI is InChI=1S/C18H20N6O4S/c1-9-16(24(27)28)10(2)22(20-9)8-7-14(25)21-23-11(3)19-17-15(18(23)26)12-5-4-6-13(12)29-17/h4-8H2,1-3H3,(H,21,25). The largest absolute Gasteiger partial charge is 0.312 e. The second-order valence-corrected chi connectivity index (χ2v) is 8.21. The number of rotatable bonds is 5. The average Bonchev–Trinajstić information content (AvgIpc) is 3.29. The minimum absolute atomic E-state index is 0.0186. The molecule has 4 rings (SSSR count). The third kappa shape index (κ3) is 3.20. The third-order valence-electron chi connectivity index (χ3n) is 5.22. The van der Waals surface area contributed by atoms with Crippen LogP contribution in [0.2, 0.25) is 0 Å². The maximum atomic E-state index is 13.0. The second kappa shape index (κ2) is 7.07. The van der Waals surface area contributed by atoms with E-state index < -0.39 is 10.8 Å².